The summed E-state index contributed by atoms with van der Waals surface area (Å²) in [6, 6.07) is 14.5. The smallest absolute Gasteiger partial charge is 0.261 e. The molecule has 1 aliphatic heterocycles. The van der Waals surface area contributed by atoms with E-state index in [2.05, 4.69) is 5.32 Å². The molecule has 0 aliphatic carbocycles. The van der Waals surface area contributed by atoms with E-state index in [9.17, 15) is 14.4 Å². The minimum atomic E-state index is -0.227. The first-order valence-corrected chi connectivity index (χ1v) is 9.45. The van der Waals surface area contributed by atoms with Gasteiger partial charge in [-0.3, -0.25) is 19.3 Å². The van der Waals surface area contributed by atoms with Crippen molar-refractivity contribution >= 4 is 17.7 Å². The van der Waals surface area contributed by atoms with Crippen molar-refractivity contribution < 1.29 is 19.1 Å². The van der Waals surface area contributed by atoms with E-state index < -0.39 is 0 Å². The van der Waals surface area contributed by atoms with Crippen molar-refractivity contribution in [2.45, 2.75) is 32.2 Å². The van der Waals surface area contributed by atoms with Gasteiger partial charge in [0.15, 0.2) is 0 Å². The Bertz CT molecular complexity index is 843. The average Bonchev–Trinajstić information content (AvgIpc) is 2.97. The van der Waals surface area contributed by atoms with E-state index >= 15 is 0 Å². The van der Waals surface area contributed by atoms with Gasteiger partial charge in [0, 0.05) is 25.1 Å². The normalized spacial score (nSPS) is 12.8. The third-order valence-corrected chi connectivity index (χ3v) is 4.83. The third-order valence-electron chi connectivity index (χ3n) is 4.83. The van der Waals surface area contributed by atoms with Gasteiger partial charge in [0.25, 0.3) is 11.8 Å². The Morgan fingerprint density at radius 3 is 2.25 bits per heavy atom. The SMILES string of the molecule is COc1ccccc1CNC(=O)CCCCCN1C(=O)c2ccccc2C1=O. The molecule has 0 unspecified atom stereocenters. The fourth-order valence-electron chi connectivity index (χ4n) is 3.31. The van der Waals surface area contributed by atoms with Crippen LogP contribution in [-0.2, 0) is 11.3 Å². The summed E-state index contributed by atoms with van der Waals surface area (Å²) in [5.41, 5.74) is 1.88. The summed E-state index contributed by atoms with van der Waals surface area (Å²) in [5.74, 6) is 0.278. The van der Waals surface area contributed by atoms with Gasteiger partial charge in [0.2, 0.25) is 5.91 Å². The van der Waals surface area contributed by atoms with Crippen LogP contribution in [-0.4, -0.2) is 36.3 Å². The van der Waals surface area contributed by atoms with Crippen LogP contribution in [0.5, 0.6) is 5.75 Å². The van der Waals surface area contributed by atoms with Crippen molar-refractivity contribution in [2.75, 3.05) is 13.7 Å². The molecule has 2 aromatic carbocycles. The maximum Gasteiger partial charge on any atom is 0.261 e. The van der Waals surface area contributed by atoms with Crippen LogP contribution < -0.4 is 10.1 Å². The van der Waals surface area contributed by atoms with Crippen molar-refractivity contribution in [1.29, 1.82) is 0 Å². The highest BCUT2D eigenvalue weighted by Gasteiger charge is 2.34. The topological polar surface area (TPSA) is 75.7 Å². The Labute approximate surface area is 164 Å². The van der Waals surface area contributed by atoms with Crippen molar-refractivity contribution in [3.05, 3.63) is 65.2 Å². The second-order valence-corrected chi connectivity index (χ2v) is 6.71. The molecule has 3 rings (SSSR count). The fourth-order valence-corrected chi connectivity index (χ4v) is 3.31. The average molecular weight is 380 g/mol. The van der Waals surface area contributed by atoms with Gasteiger partial charge < -0.3 is 10.1 Å². The summed E-state index contributed by atoms with van der Waals surface area (Å²) < 4.78 is 5.27. The molecule has 2 aromatic rings. The second-order valence-electron chi connectivity index (χ2n) is 6.71. The highest BCUT2D eigenvalue weighted by molar-refractivity contribution is 6.21. The van der Waals surface area contributed by atoms with Crippen molar-refractivity contribution in [3.8, 4) is 5.75 Å². The predicted molar refractivity (Wildman–Crippen MR) is 105 cm³/mol. The number of amides is 3. The van der Waals surface area contributed by atoms with Crippen LogP contribution in [0.1, 0.15) is 52.0 Å². The minimum Gasteiger partial charge on any atom is -0.496 e. The van der Waals surface area contributed by atoms with E-state index in [4.69, 9.17) is 4.74 Å². The predicted octanol–water partition coefficient (Wildman–Crippen LogP) is 3.17. The maximum atomic E-state index is 12.3. The van der Waals surface area contributed by atoms with E-state index in [1.165, 1.54) is 4.90 Å². The lowest BCUT2D eigenvalue weighted by Gasteiger charge is -2.13. The first-order chi connectivity index (χ1) is 13.6. The van der Waals surface area contributed by atoms with Crippen LogP contribution in [0, 0.1) is 0 Å². The van der Waals surface area contributed by atoms with Crippen molar-refractivity contribution in [1.82, 2.24) is 10.2 Å². The third kappa shape index (κ3) is 4.39. The number of ether oxygens (including phenoxy) is 1. The van der Waals surface area contributed by atoms with Crippen LogP contribution in [0.4, 0.5) is 0 Å². The molecular weight excluding hydrogens is 356 g/mol. The van der Waals surface area contributed by atoms with Gasteiger partial charge >= 0.3 is 0 Å². The van der Waals surface area contributed by atoms with Crippen molar-refractivity contribution in [3.63, 3.8) is 0 Å². The summed E-state index contributed by atoms with van der Waals surface area (Å²) in [6.45, 7) is 0.813. The zero-order valence-corrected chi connectivity index (χ0v) is 15.9. The number of hydrogen-bond donors (Lipinski definition) is 1. The number of nitrogens with one attached hydrogen (secondary N) is 1. The van der Waals surface area contributed by atoms with Crippen molar-refractivity contribution in [2.24, 2.45) is 0 Å². The van der Waals surface area contributed by atoms with E-state index in [0.717, 1.165) is 17.7 Å². The zero-order valence-electron chi connectivity index (χ0n) is 15.9. The first kappa shape index (κ1) is 19.6. The second kappa shape index (κ2) is 9.17. The summed E-state index contributed by atoms with van der Waals surface area (Å²) in [5, 5.41) is 2.89. The Morgan fingerprint density at radius 1 is 0.929 bits per heavy atom. The van der Waals surface area contributed by atoms with E-state index in [1.54, 1.807) is 31.4 Å². The number of rotatable bonds is 9. The quantitative estimate of drug-likeness (QED) is 0.536. The molecule has 0 radical (unpaired) electrons. The summed E-state index contributed by atoms with van der Waals surface area (Å²) >= 11 is 0. The molecular formula is C22H24N2O4. The number of nitrogens with zero attached hydrogens (tertiary/aromatic N) is 1. The molecule has 0 bridgehead atoms. The number of carbonyl (C=O) groups is 3. The van der Waals surface area contributed by atoms with Crippen LogP contribution in [0.25, 0.3) is 0 Å². The van der Waals surface area contributed by atoms with Gasteiger partial charge in [-0.2, -0.15) is 0 Å². The van der Waals surface area contributed by atoms with Gasteiger partial charge in [-0.25, -0.2) is 0 Å². The number of methoxy groups -OCH3 is 1. The largest absolute Gasteiger partial charge is 0.496 e. The molecule has 6 nitrogen and oxygen atoms in total. The van der Waals surface area contributed by atoms with Crippen LogP contribution in [0.2, 0.25) is 0 Å². The molecule has 3 amide bonds. The molecule has 146 valence electrons. The lowest BCUT2D eigenvalue weighted by Crippen LogP contribution is -2.30. The molecule has 28 heavy (non-hydrogen) atoms. The number of fused-ring (bicyclic) bond motifs is 1. The lowest BCUT2D eigenvalue weighted by molar-refractivity contribution is -0.121. The highest BCUT2D eigenvalue weighted by atomic mass is 16.5. The summed E-state index contributed by atoms with van der Waals surface area (Å²) in [7, 11) is 1.61. The molecule has 6 heteroatoms. The standard InChI is InChI=1S/C22H24N2O4/c1-28-19-12-7-4-9-16(19)15-23-20(25)13-3-2-8-14-24-21(26)17-10-5-6-11-18(17)22(24)27/h4-7,9-12H,2-3,8,13-15H2,1H3,(H,23,25). The molecule has 0 saturated heterocycles. The number of unbranched alkanes of at least 4 members (excludes halogenated alkanes) is 2. The van der Waals surface area contributed by atoms with Gasteiger partial charge in [-0.15, -0.1) is 0 Å². The monoisotopic (exact) mass is 380 g/mol. The number of carbonyl (C=O) groups excluding carboxylic acids is 3. The van der Waals surface area contributed by atoms with Crippen LogP contribution >= 0.6 is 0 Å². The zero-order chi connectivity index (χ0) is 19.9. The number of hydrogen-bond acceptors (Lipinski definition) is 4. The number of imide groups is 1. The summed E-state index contributed by atoms with van der Waals surface area (Å²) in [4.78, 5) is 37.9. The molecule has 0 aromatic heterocycles. The molecule has 0 fully saturated rings. The van der Waals surface area contributed by atoms with E-state index in [-0.39, 0.29) is 17.7 Å². The molecule has 1 N–H and O–H groups in total. The minimum absolute atomic E-state index is 0.0216. The Kier molecular flexibility index (Phi) is 6.42. The highest BCUT2D eigenvalue weighted by Crippen LogP contribution is 2.23. The van der Waals surface area contributed by atoms with Gasteiger partial charge in [-0.1, -0.05) is 36.8 Å². The maximum absolute atomic E-state index is 12.3. The van der Waals surface area contributed by atoms with Gasteiger partial charge in [-0.05, 0) is 31.0 Å². The summed E-state index contributed by atoms with van der Waals surface area (Å²) in [6.07, 6.45) is 2.58. The molecule has 1 heterocycles. The van der Waals surface area contributed by atoms with E-state index in [1.807, 2.05) is 24.3 Å². The van der Waals surface area contributed by atoms with Gasteiger partial charge in [0.1, 0.15) is 5.75 Å². The molecule has 0 saturated carbocycles. The first-order valence-electron chi connectivity index (χ1n) is 9.45. The Balaban J connectivity index is 1.36. The fraction of sp³-hybridized carbons (Fsp3) is 0.318. The lowest BCUT2D eigenvalue weighted by atomic mass is 10.1. The molecule has 0 atom stereocenters. The number of para-hydroxylation sites is 1. The van der Waals surface area contributed by atoms with Crippen LogP contribution in [0.15, 0.2) is 48.5 Å². The van der Waals surface area contributed by atoms with Crippen LogP contribution in [0.3, 0.4) is 0 Å². The molecule has 0 spiro atoms. The number of benzene rings is 2. The molecule has 1 aliphatic rings. The van der Waals surface area contributed by atoms with Gasteiger partial charge in [0.05, 0.1) is 18.2 Å². The Morgan fingerprint density at radius 2 is 1.57 bits per heavy atom. The Hall–Kier alpha value is -3.15. The van der Waals surface area contributed by atoms with E-state index in [0.29, 0.717) is 43.5 Å².